The first-order chi connectivity index (χ1) is 10.2. The number of H-pyrrole nitrogens is 1. The van der Waals surface area contributed by atoms with Crippen LogP contribution in [0.25, 0.3) is 0 Å². The molecule has 2 aromatic rings. The van der Waals surface area contributed by atoms with Gasteiger partial charge in [-0.2, -0.15) is 13.2 Å². The van der Waals surface area contributed by atoms with E-state index in [0.29, 0.717) is 12.3 Å². The first-order valence-electron chi connectivity index (χ1n) is 5.72. The summed E-state index contributed by atoms with van der Waals surface area (Å²) in [6.07, 6.45) is -3.84. The number of aromatic amines is 1. The van der Waals surface area contributed by atoms with Gasteiger partial charge in [0.1, 0.15) is 11.2 Å². The Morgan fingerprint density at radius 1 is 1.05 bits per heavy atom. The van der Waals surface area contributed by atoms with E-state index in [4.69, 9.17) is 34.8 Å². The van der Waals surface area contributed by atoms with E-state index in [2.05, 4.69) is 10.3 Å². The molecule has 2 rings (SSSR count). The van der Waals surface area contributed by atoms with Gasteiger partial charge >= 0.3 is 12.1 Å². The lowest BCUT2D eigenvalue weighted by Gasteiger charge is -2.06. The van der Waals surface area contributed by atoms with Crippen molar-refractivity contribution >= 4 is 46.5 Å². The standard InChI is InChI=1S/C13H6Cl3F3N2O/c14-8-1-6(2-9(15)4-8)12(22)21-11-10(16)3-7(5-20-11)13(17,18)19/h1-5H,(H,20,21,22)/p+1. The molecule has 0 bridgehead atoms. The monoisotopic (exact) mass is 369 g/mol. The highest BCUT2D eigenvalue weighted by molar-refractivity contribution is 6.35. The molecule has 22 heavy (non-hydrogen) atoms. The highest BCUT2D eigenvalue weighted by Gasteiger charge is 2.33. The zero-order valence-corrected chi connectivity index (χ0v) is 12.8. The number of hydrogen-bond donors (Lipinski definition) is 1. The summed E-state index contributed by atoms with van der Waals surface area (Å²) in [5.41, 5.74) is -0.817. The van der Waals surface area contributed by atoms with Crippen LogP contribution >= 0.6 is 34.8 Å². The zero-order valence-electron chi connectivity index (χ0n) is 10.6. The summed E-state index contributed by atoms with van der Waals surface area (Å²) < 4.78 is 37.6. The molecule has 0 fully saturated rings. The minimum atomic E-state index is -4.54. The van der Waals surface area contributed by atoms with Gasteiger partial charge in [0.25, 0.3) is 5.82 Å². The van der Waals surface area contributed by atoms with Crippen molar-refractivity contribution in [2.24, 2.45) is 0 Å². The van der Waals surface area contributed by atoms with Crippen LogP contribution in [0.15, 0.2) is 30.5 Å². The molecule has 0 aliphatic carbocycles. The fraction of sp³-hybridized carbons (Fsp3) is 0.0769. The van der Waals surface area contributed by atoms with Crippen LogP contribution in [0, 0.1) is 0 Å². The summed E-state index contributed by atoms with van der Waals surface area (Å²) in [5.74, 6) is -0.696. The average Bonchev–Trinajstić information content (AvgIpc) is 2.38. The summed E-state index contributed by atoms with van der Waals surface area (Å²) in [7, 11) is 0. The lowest BCUT2D eigenvalue weighted by molar-refractivity contribution is -0.364. The number of carbonyl (C=O) groups excluding carboxylic acids is 1. The Labute approximate surface area is 138 Å². The summed E-state index contributed by atoms with van der Waals surface area (Å²) in [5, 5.41) is 2.57. The van der Waals surface area contributed by atoms with Gasteiger partial charge in [0, 0.05) is 10.0 Å². The molecule has 0 spiro atoms. The number of halogens is 6. The predicted octanol–water partition coefficient (Wildman–Crippen LogP) is 4.73. The average molecular weight is 371 g/mol. The van der Waals surface area contributed by atoms with Crippen LogP contribution in [0.3, 0.4) is 0 Å². The largest absolute Gasteiger partial charge is 0.419 e. The second kappa shape index (κ2) is 6.32. The molecular formula is C13H7Cl3F3N2O+. The van der Waals surface area contributed by atoms with E-state index in [1.807, 2.05) is 0 Å². The molecule has 0 saturated heterocycles. The molecule has 1 aromatic heterocycles. The van der Waals surface area contributed by atoms with Crippen molar-refractivity contribution in [3.8, 4) is 0 Å². The molecule has 0 atom stereocenters. The molecule has 1 amide bonds. The number of amides is 1. The maximum Gasteiger partial charge on any atom is 0.419 e. The van der Waals surface area contributed by atoms with Gasteiger partial charge in [0.2, 0.25) is 0 Å². The molecular weight excluding hydrogens is 364 g/mol. The number of aromatic nitrogens is 1. The number of pyridine rings is 1. The normalized spacial score (nSPS) is 11.4. The number of nitrogens with one attached hydrogen (secondary N) is 2. The third-order valence-corrected chi connectivity index (χ3v) is 3.32. The minimum Gasteiger partial charge on any atom is -0.245 e. The second-order valence-electron chi connectivity index (χ2n) is 4.22. The lowest BCUT2D eigenvalue weighted by atomic mass is 10.2. The van der Waals surface area contributed by atoms with Gasteiger partial charge < -0.3 is 0 Å². The van der Waals surface area contributed by atoms with Gasteiger partial charge in [-0.25, -0.2) is 15.1 Å². The Balaban J connectivity index is 2.25. The fourth-order valence-corrected chi connectivity index (χ4v) is 2.34. The lowest BCUT2D eigenvalue weighted by Crippen LogP contribution is -2.21. The van der Waals surface area contributed by atoms with Crippen LogP contribution in [0.5, 0.6) is 0 Å². The van der Waals surface area contributed by atoms with Crippen LogP contribution in [0.4, 0.5) is 19.0 Å². The Hall–Kier alpha value is -1.50. The molecule has 0 aliphatic heterocycles. The first-order valence-corrected chi connectivity index (χ1v) is 6.86. The minimum absolute atomic E-state index is 0.0734. The highest BCUT2D eigenvalue weighted by atomic mass is 35.5. The molecule has 0 unspecified atom stereocenters. The Morgan fingerprint density at radius 3 is 2.14 bits per heavy atom. The van der Waals surface area contributed by atoms with E-state index in [0.717, 1.165) is 0 Å². The van der Waals surface area contributed by atoms with E-state index in [-0.39, 0.29) is 26.4 Å². The maximum absolute atomic E-state index is 12.5. The molecule has 0 saturated carbocycles. The fourth-order valence-electron chi connectivity index (χ4n) is 1.60. The summed E-state index contributed by atoms with van der Waals surface area (Å²) in [4.78, 5) is 14.3. The number of carbonyl (C=O) groups is 1. The van der Waals surface area contributed by atoms with E-state index >= 15 is 0 Å². The molecule has 2 N–H and O–H groups in total. The molecule has 0 aliphatic rings. The van der Waals surface area contributed by atoms with Gasteiger partial charge in [-0.05, 0) is 24.3 Å². The summed E-state index contributed by atoms with van der Waals surface area (Å²) in [6, 6.07) is 4.87. The number of anilines is 1. The van der Waals surface area contributed by atoms with E-state index in [1.54, 1.807) is 0 Å². The topological polar surface area (TPSA) is 43.2 Å². The SMILES string of the molecule is O=C(Nc1[nH+]cc(C(F)(F)F)cc1Cl)c1cc(Cl)cc(Cl)c1. The number of alkyl halides is 3. The third kappa shape index (κ3) is 4.03. The van der Waals surface area contributed by atoms with Crippen molar-refractivity contribution in [2.45, 2.75) is 6.18 Å². The Bertz CT molecular complexity index is 715. The van der Waals surface area contributed by atoms with Crippen LogP contribution in [-0.2, 0) is 6.18 Å². The van der Waals surface area contributed by atoms with Gasteiger partial charge in [0.15, 0.2) is 0 Å². The van der Waals surface area contributed by atoms with Gasteiger partial charge in [-0.1, -0.05) is 34.8 Å². The summed E-state index contributed by atoms with van der Waals surface area (Å²) in [6.45, 7) is 0. The Kier molecular flexibility index (Phi) is 4.84. The van der Waals surface area contributed by atoms with Crippen molar-refractivity contribution in [3.05, 3.63) is 56.7 Å². The summed E-state index contributed by atoms with van der Waals surface area (Å²) >= 11 is 17.3. The third-order valence-electron chi connectivity index (χ3n) is 2.58. The van der Waals surface area contributed by atoms with Gasteiger partial charge in [-0.15, -0.1) is 0 Å². The number of hydrogen-bond acceptors (Lipinski definition) is 1. The second-order valence-corrected chi connectivity index (χ2v) is 5.50. The van der Waals surface area contributed by atoms with Crippen molar-refractivity contribution in [1.82, 2.24) is 0 Å². The van der Waals surface area contributed by atoms with Crippen molar-refractivity contribution in [1.29, 1.82) is 0 Å². The maximum atomic E-state index is 12.5. The molecule has 116 valence electrons. The molecule has 1 aromatic carbocycles. The predicted molar refractivity (Wildman–Crippen MR) is 77.4 cm³/mol. The van der Waals surface area contributed by atoms with Crippen molar-refractivity contribution in [2.75, 3.05) is 5.32 Å². The Morgan fingerprint density at radius 2 is 1.64 bits per heavy atom. The highest BCUT2D eigenvalue weighted by Crippen LogP contribution is 2.31. The van der Waals surface area contributed by atoms with Gasteiger partial charge in [-0.3, -0.25) is 0 Å². The number of benzene rings is 1. The molecule has 1 heterocycles. The van der Waals surface area contributed by atoms with Crippen molar-refractivity contribution in [3.63, 3.8) is 0 Å². The van der Waals surface area contributed by atoms with Crippen molar-refractivity contribution < 1.29 is 22.9 Å². The van der Waals surface area contributed by atoms with E-state index in [9.17, 15) is 18.0 Å². The molecule has 0 radical (unpaired) electrons. The van der Waals surface area contributed by atoms with Crippen LogP contribution < -0.4 is 10.3 Å². The smallest absolute Gasteiger partial charge is 0.245 e. The van der Waals surface area contributed by atoms with Gasteiger partial charge in [0.05, 0.1) is 11.1 Å². The quantitative estimate of drug-likeness (QED) is 0.816. The zero-order chi connectivity index (χ0) is 16.5. The number of rotatable bonds is 2. The molecule has 3 nitrogen and oxygen atoms in total. The molecule has 9 heteroatoms. The van der Waals surface area contributed by atoms with E-state index < -0.39 is 17.6 Å². The van der Waals surface area contributed by atoms with Crippen LogP contribution in [0.1, 0.15) is 15.9 Å². The van der Waals surface area contributed by atoms with Crippen LogP contribution in [-0.4, -0.2) is 5.91 Å². The van der Waals surface area contributed by atoms with Crippen LogP contribution in [0.2, 0.25) is 15.1 Å². The first kappa shape index (κ1) is 16.9. The van der Waals surface area contributed by atoms with E-state index in [1.165, 1.54) is 18.2 Å².